The second-order valence-corrected chi connectivity index (χ2v) is 4.28. The number of nitrogens with zero attached hydrogens (tertiary/aromatic N) is 1. The van der Waals surface area contributed by atoms with E-state index in [1.165, 1.54) is 11.3 Å². The van der Waals surface area contributed by atoms with Crippen molar-refractivity contribution in [3.63, 3.8) is 0 Å². The van der Waals surface area contributed by atoms with Crippen molar-refractivity contribution in [2.45, 2.75) is 0 Å². The van der Waals surface area contributed by atoms with Crippen molar-refractivity contribution in [1.29, 1.82) is 0 Å². The lowest BCUT2D eigenvalue weighted by molar-refractivity contribution is 0.112. The van der Waals surface area contributed by atoms with E-state index in [-0.39, 0.29) is 0 Å². The molecule has 0 N–H and O–H groups in total. The Morgan fingerprint density at radius 1 is 1.31 bits per heavy atom. The van der Waals surface area contributed by atoms with Crippen LogP contribution in [0.25, 0.3) is 10.2 Å². The van der Waals surface area contributed by atoms with Gasteiger partial charge in [-0.3, -0.25) is 4.79 Å². The molecule has 0 unspecified atom stereocenters. The highest BCUT2D eigenvalue weighted by Gasteiger charge is 2.06. The van der Waals surface area contributed by atoms with E-state index in [4.69, 9.17) is 23.2 Å². The first kappa shape index (κ1) is 8.94. The summed E-state index contributed by atoms with van der Waals surface area (Å²) in [7, 11) is 0. The average molecular weight is 232 g/mol. The van der Waals surface area contributed by atoms with Gasteiger partial charge < -0.3 is 0 Å². The number of halogens is 2. The molecule has 2 rings (SSSR count). The van der Waals surface area contributed by atoms with Gasteiger partial charge in [-0.15, -0.1) is 11.3 Å². The lowest BCUT2D eigenvalue weighted by atomic mass is 10.3. The SMILES string of the molecule is O=Cc1nc2cc(Cl)c(Cl)cc2s1. The Labute approximate surface area is 88.1 Å². The standard InChI is InChI=1S/C8H3Cl2NOS/c9-4-1-6-7(2-5(4)10)13-8(3-12)11-6/h1-3H. The number of aldehydes is 1. The number of hydrogen-bond acceptors (Lipinski definition) is 3. The van der Waals surface area contributed by atoms with Crippen LogP contribution in [0, 0.1) is 0 Å². The fourth-order valence-corrected chi connectivity index (χ4v) is 2.18. The Kier molecular flexibility index (Phi) is 2.24. The summed E-state index contributed by atoms with van der Waals surface area (Å²) in [6, 6.07) is 3.37. The second-order valence-electron chi connectivity index (χ2n) is 2.40. The van der Waals surface area contributed by atoms with Crippen LogP contribution in [0.1, 0.15) is 9.80 Å². The van der Waals surface area contributed by atoms with E-state index in [1.807, 2.05) is 0 Å². The van der Waals surface area contributed by atoms with Gasteiger partial charge in [-0.05, 0) is 12.1 Å². The molecule has 66 valence electrons. The van der Waals surface area contributed by atoms with E-state index < -0.39 is 0 Å². The van der Waals surface area contributed by atoms with E-state index in [9.17, 15) is 4.79 Å². The van der Waals surface area contributed by atoms with Crippen molar-refractivity contribution in [3.8, 4) is 0 Å². The third-order valence-electron chi connectivity index (χ3n) is 1.55. The molecule has 2 aromatic rings. The molecule has 0 saturated heterocycles. The number of rotatable bonds is 1. The number of thiazole rings is 1. The van der Waals surface area contributed by atoms with Crippen LogP contribution >= 0.6 is 34.5 Å². The van der Waals surface area contributed by atoms with Gasteiger partial charge in [-0.1, -0.05) is 23.2 Å². The van der Waals surface area contributed by atoms with Crippen LogP contribution in [0.2, 0.25) is 10.0 Å². The molecule has 0 aliphatic carbocycles. The fraction of sp³-hybridized carbons (Fsp3) is 0. The summed E-state index contributed by atoms with van der Waals surface area (Å²) in [6.45, 7) is 0. The first-order chi connectivity index (χ1) is 6.20. The Balaban J connectivity index is 2.77. The molecule has 5 heteroatoms. The summed E-state index contributed by atoms with van der Waals surface area (Å²) in [5.74, 6) is 0. The minimum Gasteiger partial charge on any atom is -0.295 e. The van der Waals surface area contributed by atoms with E-state index >= 15 is 0 Å². The number of carbonyl (C=O) groups is 1. The molecule has 0 amide bonds. The van der Waals surface area contributed by atoms with Crippen molar-refractivity contribution < 1.29 is 4.79 Å². The number of hydrogen-bond donors (Lipinski definition) is 0. The lowest BCUT2D eigenvalue weighted by Gasteiger charge is -1.92. The van der Waals surface area contributed by atoms with E-state index in [0.717, 1.165) is 4.70 Å². The molecule has 0 radical (unpaired) electrons. The van der Waals surface area contributed by atoms with Crippen LogP contribution in [0.3, 0.4) is 0 Å². The topological polar surface area (TPSA) is 30.0 Å². The van der Waals surface area contributed by atoms with Crippen LogP contribution in [-0.2, 0) is 0 Å². The number of carbonyl (C=O) groups excluding carboxylic acids is 1. The van der Waals surface area contributed by atoms with Crippen LogP contribution < -0.4 is 0 Å². The normalized spacial score (nSPS) is 10.6. The summed E-state index contributed by atoms with van der Waals surface area (Å²) in [6.07, 6.45) is 0.715. The minimum absolute atomic E-state index is 0.438. The van der Waals surface area contributed by atoms with Gasteiger partial charge in [-0.25, -0.2) is 4.98 Å². The molecule has 1 heterocycles. The van der Waals surface area contributed by atoms with Crippen molar-refractivity contribution >= 4 is 51.0 Å². The average Bonchev–Trinajstić information content (AvgIpc) is 2.48. The Morgan fingerprint density at radius 2 is 2.00 bits per heavy atom. The van der Waals surface area contributed by atoms with Crippen molar-refractivity contribution in [2.75, 3.05) is 0 Å². The maximum absolute atomic E-state index is 10.4. The van der Waals surface area contributed by atoms with Gasteiger partial charge in [0.2, 0.25) is 0 Å². The second kappa shape index (κ2) is 3.25. The maximum atomic E-state index is 10.4. The van der Waals surface area contributed by atoms with E-state index in [0.29, 0.717) is 26.9 Å². The molecule has 13 heavy (non-hydrogen) atoms. The molecule has 0 spiro atoms. The summed E-state index contributed by atoms with van der Waals surface area (Å²) >= 11 is 12.9. The summed E-state index contributed by atoms with van der Waals surface area (Å²) in [5.41, 5.74) is 0.710. The predicted molar refractivity (Wildman–Crippen MR) is 55.0 cm³/mol. The number of aromatic nitrogens is 1. The van der Waals surface area contributed by atoms with Gasteiger partial charge >= 0.3 is 0 Å². The summed E-state index contributed by atoms with van der Waals surface area (Å²) in [5, 5.41) is 1.38. The molecule has 0 aliphatic heterocycles. The first-order valence-corrected chi connectivity index (χ1v) is 4.98. The van der Waals surface area contributed by atoms with Gasteiger partial charge in [0.25, 0.3) is 0 Å². The molecule has 1 aromatic heterocycles. The van der Waals surface area contributed by atoms with Crippen LogP contribution in [-0.4, -0.2) is 11.3 Å². The zero-order chi connectivity index (χ0) is 9.42. The molecular weight excluding hydrogens is 229 g/mol. The highest BCUT2D eigenvalue weighted by atomic mass is 35.5. The quantitative estimate of drug-likeness (QED) is 0.705. The zero-order valence-corrected chi connectivity index (χ0v) is 8.58. The zero-order valence-electron chi connectivity index (χ0n) is 6.25. The molecule has 0 aliphatic rings. The Hall–Kier alpha value is -0.640. The van der Waals surface area contributed by atoms with Gasteiger partial charge in [0.05, 0.1) is 20.3 Å². The molecular formula is C8H3Cl2NOS. The molecule has 0 atom stereocenters. The van der Waals surface area contributed by atoms with Gasteiger partial charge in [0.1, 0.15) is 0 Å². The minimum atomic E-state index is 0.438. The summed E-state index contributed by atoms with van der Waals surface area (Å²) in [4.78, 5) is 14.5. The monoisotopic (exact) mass is 231 g/mol. The maximum Gasteiger partial charge on any atom is 0.178 e. The third-order valence-corrected chi connectivity index (χ3v) is 3.21. The predicted octanol–water partition coefficient (Wildman–Crippen LogP) is 3.42. The molecule has 0 fully saturated rings. The Morgan fingerprint density at radius 3 is 2.69 bits per heavy atom. The number of fused-ring (bicyclic) bond motifs is 1. The fourth-order valence-electron chi connectivity index (χ4n) is 0.992. The highest BCUT2D eigenvalue weighted by molar-refractivity contribution is 7.20. The molecule has 2 nitrogen and oxygen atoms in total. The first-order valence-electron chi connectivity index (χ1n) is 3.41. The van der Waals surface area contributed by atoms with Crippen LogP contribution in [0.4, 0.5) is 0 Å². The largest absolute Gasteiger partial charge is 0.295 e. The van der Waals surface area contributed by atoms with Crippen LogP contribution in [0.15, 0.2) is 12.1 Å². The van der Waals surface area contributed by atoms with Gasteiger partial charge in [-0.2, -0.15) is 0 Å². The molecule has 1 aromatic carbocycles. The van der Waals surface area contributed by atoms with E-state index in [1.54, 1.807) is 12.1 Å². The summed E-state index contributed by atoms with van der Waals surface area (Å²) < 4.78 is 0.872. The van der Waals surface area contributed by atoms with E-state index in [2.05, 4.69) is 4.98 Å². The molecule has 0 saturated carbocycles. The van der Waals surface area contributed by atoms with Gasteiger partial charge in [0.15, 0.2) is 11.3 Å². The smallest absolute Gasteiger partial charge is 0.178 e. The third kappa shape index (κ3) is 1.55. The lowest BCUT2D eigenvalue weighted by Crippen LogP contribution is -1.74. The van der Waals surface area contributed by atoms with Gasteiger partial charge in [0, 0.05) is 0 Å². The Bertz CT molecular complexity index is 441. The van der Waals surface area contributed by atoms with Crippen LogP contribution in [0.5, 0.6) is 0 Å². The van der Waals surface area contributed by atoms with Crippen molar-refractivity contribution in [1.82, 2.24) is 4.98 Å². The molecule has 0 bridgehead atoms. The number of benzene rings is 1. The van der Waals surface area contributed by atoms with Crippen molar-refractivity contribution in [2.24, 2.45) is 0 Å². The van der Waals surface area contributed by atoms with Crippen molar-refractivity contribution in [3.05, 3.63) is 27.2 Å². The highest BCUT2D eigenvalue weighted by Crippen LogP contribution is 2.30.